The molecule has 0 radical (unpaired) electrons. The van der Waals surface area contributed by atoms with E-state index in [9.17, 15) is 0 Å². The predicted molar refractivity (Wildman–Crippen MR) is 65.3 cm³/mol. The molecule has 1 N–H and O–H groups in total. The Hall–Kier alpha value is -1.34. The molecule has 1 heterocycles. The summed E-state index contributed by atoms with van der Waals surface area (Å²) in [5.41, 5.74) is 0. The van der Waals surface area contributed by atoms with E-state index in [2.05, 4.69) is 21.8 Å². The molecule has 4 nitrogen and oxygen atoms in total. The predicted octanol–water partition coefficient (Wildman–Crippen LogP) is 1.97. The van der Waals surface area contributed by atoms with Gasteiger partial charge in [0.2, 0.25) is 0 Å². The molecule has 0 fully saturated rings. The Bertz CT molecular complexity index is 341. The molecule has 0 saturated heterocycles. The monoisotopic (exact) mass is 236 g/mol. The Morgan fingerprint density at radius 3 is 3.06 bits per heavy atom. The van der Waals surface area contributed by atoms with E-state index in [1.165, 1.54) is 5.82 Å². The second-order valence-corrected chi connectivity index (χ2v) is 4.02. The molecule has 0 aromatic carbocycles. The summed E-state index contributed by atoms with van der Waals surface area (Å²) >= 11 is 0. The molecular weight excluding hydrogens is 214 g/mol. The first kappa shape index (κ1) is 13.7. The SMILES string of the molecule is CCOCCCc1[nH]cc[n+]1CCCCC#N. The smallest absolute Gasteiger partial charge is 0.254 e. The van der Waals surface area contributed by atoms with Crippen molar-refractivity contribution in [3.05, 3.63) is 18.2 Å². The average Bonchev–Trinajstić information content (AvgIpc) is 2.78. The lowest BCUT2D eigenvalue weighted by Gasteiger charge is -2.01. The molecule has 1 aromatic rings. The highest BCUT2D eigenvalue weighted by Gasteiger charge is 2.09. The van der Waals surface area contributed by atoms with Crippen molar-refractivity contribution >= 4 is 0 Å². The molecule has 0 aliphatic carbocycles. The number of rotatable bonds is 9. The van der Waals surface area contributed by atoms with Crippen LogP contribution in [-0.4, -0.2) is 18.2 Å². The number of nitrogens with one attached hydrogen (secondary N) is 1. The number of aromatic amines is 1. The fourth-order valence-corrected chi connectivity index (χ4v) is 1.79. The zero-order valence-electron chi connectivity index (χ0n) is 10.6. The average molecular weight is 236 g/mol. The van der Waals surface area contributed by atoms with Crippen molar-refractivity contribution < 1.29 is 9.30 Å². The minimum atomic E-state index is 0.657. The van der Waals surface area contributed by atoms with Gasteiger partial charge in [0.15, 0.2) is 0 Å². The summed E-state index contributed by atoms with van der Waals surface area (Å²) in [5.74, 6) is 1.25. The summed E-state index contributed by atoms with van der Waals surface area (Å²) in [7, 11) is 0. The van der Waals surface area contributed by atoms with Crippen molar-refractivity contribution in [3.8, 4) is 6.07 Å². The topological polar surface area (TPSA) is 52.7 Å². The van der Waals surface area contributed by atoms with Crippen LogP contribution in [0.3, 0.4) is 0 Å². The number of imidazole rings is 1. The van der Waals surface area contributed by atoms with Crippen molar-refractivity contribution in [2.45, 2.75) is 45.6 Å². The van der Waals surface area contributed by atoms with Crippen LogP contribution >= 0.6 is 0 Å². The summed E-state index contributed by atoms with van der Waals surface area (Å²) in [4.78, 5) is 3.27. The second-order valence-electron chi connectivity index (χ2n) is 4.02. The van der Waals surface area contributed by atoms with Crippen molar-refractivity contribution in [2.75, 3.05) is 13.2 Å². The van der Waals surface area contributed by atoms with Gasteiger partial charge in [-0.15, -0.1) is 0 Å². The van der Waals surface area contributed by atoms with Gasteiger partial charge in [-0.2, -0.15) is 5.26 Å². The van der Waals surface area contributed by atoms with Crippen molar-refractivity contribution in [3.63, 3.8) is 0 Å². The number of ether oxygens (including phenoxy) is 1. The van der Waals surface area contributed by atoms with E-state index in [0.717, 1.165) is 45.4 Å². The van der Waals surface area contributed by atoms with E-state index < -0.39 is 0 Å². The Labute approximate surface area is 103 Å². The largest absolute Gasteiger partial charge is 0.382 e. The third-order valence-electron chi connectivity index (χ3n) is 2.70. The van der Waals surface area contributed by atoms with E-state index in [1.54, 1.807) is 0 Å². The highest BCUT2D eigenvalue weighted by atomic mass is 16.5. The van der Waals surface area contributed by atoms with E-state index in [4.69, 9.17) is 10.00 Å². The molecule has 0 aliphatic rings. The molecule has 0 unspecified atom stereocenters. The molecule has 4 heteroatoms. The van der Waals surface area contributed by atoms with Gasteiger partial charge >= 0.3 is 0 Å². The Morgan fingerprint density at radius 1 is 1.41 bits per heavy atom. The highest BCUT2D eigenvalue weighted by Crippen LogP contribution is 1.98. The molecule has 0 amide bonds. The quantitative estimate of drug-likeness (QED) is 0.526. The van der Waals surface area contributed by atoms with Crippen LogP contribution in [0.4, 0.5) is 0 Å². The number of hydrogen-bond donors (Lipinski definition) is 1. The summed E-state index contributed by atoms with van der Waals surface area (Å²) < 4.78 is 7.56. The number of nitrogens with zero attached hydrogens (tertiary/aromatic N) is 2. The van der Waals surface area contributed by atoms with Crippen LogP contribution in [0.15, 0.2) is 12.4 Å². The number of aromatic nitrogens is 2. The van der Waals surface area contributed by atoms with Gasteiger partial charge in [0.05, 0.1) is 19.0 Å². The summed E-state index contributed by atoms with van der Waals surface area (Å²) in [6, 6.07) is 2.18. The Balaban J connectivity index is 2.25. The van der Waals surface area contributed by atoms with Gasteiger partial charge in [-0.25, -0.2) is 9.55 Å². The minimum Gasteiger partial charge on any atom is -0.382 e. The lowest BCUT2D eigenvalue weighted by atomic mass is 10.2. The number of H-pyrrole nitrogens is 1. The normalized spacial score (nSPS) is 10.4. The van der Waals surface area contributed by atoms with Crippen molar-refractivity contribution in [2.24, 2.45) is 0 Å². The highest BCUT2D eigenvalue weighted by molar-refractivity contribution is 4.77. The zero-order chi connectivity index (χ0) is 12.3. The molecule has 0 spiro atoms. The third-order valence-corrected chi connectivity index (χ3v) is 2.70. The van der Waals surface area contributed by atoms with Crippen LogP contribution in [-0.2, 0) is 17.7 Å². The molecule has 0 bridgehead atoms. The van der Waals surface area contributed by atoms with Crippen molar-refractivity contribution in [1.82, 2.24) is 4.98 Å². The molecular formula is C13H22N3O+. The third kappa shape index (κ3) is 5.50. The van der Waals surface area contributed by atoms with Gasteiger partial charge in [0.25, 0.3) is 5.82 Å². The number of aryl methyl sites for hydroxylation is 2. The van der Waals surface area contributed by atoms with Gasteiger partial charge in [-0.3, -0.25) is 0 Å². The van der Waals surface area contributed by atoms with E-state index >= 15 is 0 Å². The first-order valence-corrected chi connectivity index (χ1v) is 6.39. The molecule has 0 aliphatic heterocycles. The first-order chi connectivity index (χ1) is 8.38. The molecule has 17 heavy (non-hydrogen) atoms. The van der Waals surface area contributed by atoms with E-state index in [-0.39, 0.29) is 0 Å². The van der Waals surface area contributed by atoms with Gasteiger partial charge in [-0.1, -0.05) is 0 Å². The zero-order valence-corrected chi connectivity index (χ0v) is 10.6. The summed E-state index contributed by atoms with van der Waals surface area (Å²) in [5, 5.41) is 8.47. The fraction of sp³-hybridized carbons (Fsp3) is 0.692. The van der Waals surface area contributed by atoms with E-state index in [1.807, 2.05) is 13.1 Å². The number of nitriles is 1. The van der Waals surface area contributed by atoms with Gasteiger partial charge < -0.3 is 4.74 Å². The van der Waals surface area contributed by atoms with Crippen LogP contribution in [0.2, 0.25) is 0 Å². The summed E-state index contributed by atoms with van der Waals surface area (Å²) in [6.45, 7) is 4.63. The maximum absolute atomic E-state index is 8.47. The van der Waals surface area contributed by atoms with E-state index in [0.29, 0.717) is 6.42 Å². The molecule has 94 valence electrons. The fourth-order valence-electron chi connectivity index (χ4n) is 1.79. The second kappa shape index (κ2) is 8.77. The van der Waals surface area contributed by atoms with Crippen LogP contribution in [0.25, 0.3) is 0 Å². The Morgan fingerprint density at radius 2 is 2.29 bits per heavy atom. The maximum atomic E-state index is 8.47. The standard InChI is InChI=1S/C13H21N3O/c1-2-17-12-6-7-13-15-9-11-16(13)10-5-3-4-8-14/h9,11H,2-7,10,12H2,1H3/p+1. The van der Waals surface area contributed by atoms with Crippen LogP contribution < -0.4 is 4.57 Å². The minimum absolute atomic E-state index is 0.657. The van der Waals surface area contributed by atoms with Gasteiger partial charge in [-0.05, 0) is 26.2 Å². The van der Waals surface area contributed by atoms with Crippen LogP contribution in [0.5, 0.6) is 0 Å². The molecule has 0 saturated carbocycles. The van der Waals surface area contributed by atoms with Gasteiger partial charge in [0.1, 0.15) is 12.4 Å². The summed E-state index contributed by atoms with van der Waals surface area (Å²) in [6.07, 6.45) is 8.81. The lowest BCUT2D eigenvalue weighted by molar-refractivity contribution is -0.703. The van der Waals surface area contributed by atoms with Crippen LogP contribution in [0, 0.1) is 11.3 Å². The van der Waals surface area contributed by atoms with Gasteiger partial charge in [0, 0.05) is 19.6 Å². The molecule has 1 rings (SSSR count). The van der Waals surface area contributed by atoms with Crippen LogP contribution in [0.1, 0.15) is 38.4 Å². The first-order valence-electron chi connectivity index (χ1n) is 6.39. The maximum Gasteiger partial charge on any atom is 0.254 e. The lowest BCUT2D eigenvalue weighted by Crippen LogP contribution is -2.36. The Kier molecular flexibility index (Phi) is 7.08. The van der Waals surface area contributed by atoms with Crippen molar-refractivity contribution in [1.29, 1.82) is 5.26 Å². The molecule has 1 aromatic heterocycles. The molecule has 0 atom stereocenters. The number of hydrogen-bond acceptors (Lipinski definition) is 2. The number of unbranched alkanes of at least 4 members (excludes halogenated alkanes) is 2.